The maximum atomic E-state index is 12.9. The molecule has 66 heavy (non-hydrogen) atoms. The number of phosphoric ester groups is 1. The third-order valence-electron chi connectivity index (χ3n) is 13.5. The predicted molar refractivity (Wildman–Crippen MR) is 286 cm³/mol. The second-order valence-corrected chi connectivity index (χ2v) is 22.8. The number of nitrogens with one attached hydrogen (secondary N) is 1. The predicted octanol–water partition coefficient (Wildman–Crippen LogP) is 17.4. The molecule has 0 aliphatic carbocycles. The molecule has 0 aromatic rings. The molecule has 394 valence electrons. The number of nitrogens with zero attached hydrogens (tertiary/aromatic N) is 1. The highest BCUT2D eigenvalue weighted by molar-refractivity contribution is 7.47. The fourth-order valence-corrected chi connectivity index (χ4v) is 9.66. The highest BCUT2D eigenvalue weighted by atomic mass is 31.2. The zero-order valence-corrected chi connectivity index (χ0v) is 45.9. The molecule has 0 aliphatic rings. The minimum atomic E-state index is -4.31. The van der Waals surface area contributed by atoms with E-state index in [1.54, 1.807) is 0 Å². The van der Waals surface area contributed by atoms with Crippen LogP contribution in [0.1, 0.15) is 296 Å². The van der Waals surface area contributed by atoms with Gasteiger partial charge in [-0.3, -0.25) is 13.8 Å². The summed E-state index contributed by atoms with van der Waals surface area (Å²) in [6.07, 6.45) is 60.2. The molecule has 0 spiro atoms. The maximum absolute atomic E-state index is 12.9. The highest BCUT2D eigenvalue weighted by Gasteiger charge is 2.28. The van der Waals surface area contributed by atoms with Gasteiger partial charge in [-0.25, -0.2) is 4.57 Å². The SMILES string of the molecule is CCCCCCCCCCCCCCCC/C=C\CCCCCCCCCCCCCCCCCCCC(=O)NC(COP(=O)(O)OCC[N+](C)(C)C)C(O)CCCCCCCCCCC. The van der Waals surface area contributed by atoms with Gasteiger partial charge in [0.1, 0.15) is 13.2 Å². The standard InChI is InChI=1S/C57H115N2O6P/c1-6-8-10-12-14-16-17-18-19-20-21-22-23-24-25-26-27-28-29-30-31-32-33-34-35-36-37-38-39-40-41-43-45-47-49-51-57(61)58-55(54-65-66(62,63)64-53-52-59(3,4)5)56(60)50-48-46-44-42-15-13-11-9-7-2/h26-27,55-56,60H,6-25,28-54H2,1-5H3,(H-,58,61,62,63)/p+1/b27-26-. The number of aliphatic hydroxyl groups excluding tert-OH is 1. The summed E-state index contributed by atoms with van der Waals surface area (Å²) in [5.74, 6) is -0.142. The van der Waals surface area contributed by atoms with Gasteiger partial charge in [-0.15, -0.1) is 0 Å². The second kappa shape index (κ2) is 49.2. The Balaban J connectivity index is 3.83. The molecule has 0 bridgehead atoms. The van der Waals surface area contributed by atoms with E-state index in [1.165, 1.54) is 231 Å². The quantitative estimate of drug-likeness (QED) is 0.0243. The van der Waals surface area contributed by atoms with Crippen LogP contribution in [0.5, 0.6) is 0 Å². The number of likely N-dealkylation sites (N-methyl/N-ethyl adjacent to an activating group) is 1. The Hall–Kier alpha value is -0.760. The lowest BCUT2D eigenvalue weighted by molar-refractivity contribution is -0.870. The molecule has 3 atom stereocenters. The number of rotatable bonds is 54. The van der Waals surface area contributed by atoms with Crippen molar-refractivity contribution in [2.75, 3.05) is 40.9 Å². The molecule has 0 aromatic heterocycles. The lowest BCUT2D eigenvalue weighted by atomic mass is 10.0. The lowest BCUT2D eigenvalue weighted by Gasteiger charge is -2.26. The molecular formula is C57H116N2O6P+. The molecular weight excluding hydrogens is 840 g/mol. The fraction of sp³-hybridized carbons (Fsp3) is 0.947. The Kier molecular flexibility index (Phi) is 48.7. The summed E-state index contributed by atoms with van der Waals surface area (Å²) in [7, 11) is 1.63. The molecule has 3 N–H and O–H groups in total. The Morgan fingerprint density at radius 2 is 0.818 bits per heavy atom. The molecule has 3 unspecified atom stereocenters. The molecule has 0 fully saturated rings. The van der Waals surface area contributed by atoms with Crippen LogP contribution in [0.2, 0.25) is 0 Å². The van der Waals surface area contributed by atoms with Crippen molar-refractivity contribution >= 4 is 13.7 Å². The third-order valence-corrected chi connectivity index (χ3v) is 14.5. The van der Waals surface area contributed by atoms with Crippen LogP contribution in [0.25, 0.3) is 0 Å². The van der Waals surface area contributed by atoms with E-state index in [9.17, 15) is 19.4 Å². The van der Waals surface area contributed by atoms with Gasteiger partial charge in [0, 0.05) is 6.42 Å². The Bertz CT molecular complexity index is 1080. The van der Waals surface area contributed by atoms with Gasteiger partial charge in [0.2, 0.25) is 5.91 Å². The number of carbonyl (C=O) groups excluding carboxylic acids is 1. The van der Waals surface area contributed by atoms with Crippen molar-refractivity contribution in [3.8, 4) is 0 Å². The van der Waals surface area contributed by atoms with Crippen molar-refractivity contribution in [3.05, 3.63) is 12.2 Å². The first-order chi connectivity index (χ1) is 32.0. The van der Waals surface area contributed by atoms with Crippen LogP contribution in [0.3, 0.4) is 0 Å². The fourth-order valence-electron chi connectivity index (χ4n) is 8.93. The first-order valence-electron chi connectivity index (χ1n) is 29.1. The highest BCUT2D eigenvalue weighted by Crippen LogP contribution is 2.43. The van der Waals surface area contributed by atoms with Crippen LogP contribution >= 0.6 is 7.82 Å². The average Bonchev–Trinajstić information content (AvgIpc) is 3.28. The van der Waals surface area contributed by atoms with E-state index < -0.39 is 20.0 Å². The van der Waals surface area contributed by atoms with E-state index in [1.807, 2.05) is 21.1 Å². The van der Waals surface area contributed by atoms with Gasteiger partial charge in [0.25, 0.3) is 0 Å². The van der Waals surface area contributed by atoms with Gasteiger partial charge < -0.3 is 19.8 Å². The molecule has 0 heterocycles. The molecule has 9 heteroatoms. The van der Waals surface area contributed by atoms with Crippen molar-refractivity contribution in [2.24, 2.45) is 0 Å². The van der Waals surface area contributed by atoms with Crippen molar-refractivity contribution < 1.29 is 32.9 Å². The number of quaternary nitrogens is 1. The summed E-state index contributed by atoms with van der Waals surface area (Å²) in [5.41, 5.74) is 0. The Morgan fingerprint density at radius 3 is 1.17 bits per heavy atom. The van der Waals surface area contributed by atoms with Crippen molar-refractivity contribution in [3.63, 3.8) is 0 Å². The zero-order valence-electron chi connectivity index (χ0n) is 45.0. The lowest BCUT2D eigenvalue weighted by Crippen LogP contribution is -2.46. The molecule has 0 rings (SSSR count). The smallest absolute Gasteiger partial charge is 0.391 e. The van der Waals surface area contributed by atoms with Crippen LogP contribution in [-0.2, 0) is 18.4 Å². The molecule has 0 aliphatic heterocycles. The number of phosphoric acid groups is 1. The number of carbonyl (C=O) groups is 1. The third kappa shape index (κ3) is 51.1. The molecule has 0 radical (unpaired) electrons. The van der Waals surface area contributed by atoms with Crippen molar-refractivity contribution in [2.45, 2.75) is 309 Å². The van der Waals surface area contributed by atoms with E-state index >= 15 is 0 Å². The van der Waals surface area contributed by atoms with Crippen LogP contribution in [0, 0.1) is 0 Å². The van der Waals surface area contributed by atoms with E-state index in [0.717, 1.165) is 38.5 Å². The van der Waals surface area contributed by atoms with E-state index in [0.29, 0.717) is 23.9 Å². The summed E-state index contributed by atoms with van der Waals surface area (Å²) in [4.78, 5) is 23.2. The first kappa shape index (κ1) is 65.2. The van der Waals surface area contributed by atoms with Crippen LogP contribution < -0.4 is 5.32 Å². The molecule has 0 saturated carbocycles. The average molecular weight is 957 g/mol. The number of unbranched alkanes of at least 4 members (excludes halogenated alkanes) is 39. The first-order valence-corrected chi connectivity index (χ1v) is 30.5. The molecule has 0 aromatic carbocycles. The zero-order chi connectivity index (χ0) is 48.5. The summed E-state index contributed by atoms with van der Waals surface area (Å²) in [6, 6.07) is -0.755. The van der Waals surface area contributed by atoms with Crippen LogP contribution in [-0.4, -0.2) is 73.4 Å². The van der Waals surface area contributed by atoms with Crippen molar-refractivity contribution in [1.82, 2.24) is 5.32 Å². The Morgan fingerprint density at radius 1 is 0.500 bits per heavy atom. The number of hydrogen-bond donors (Lipinski definition) is 3. The monoisotopic (exact) mass is 956 g/mol. The van der Waals surface area contributed by atoms with Gasteiger partial charge in [-0.2, -0.15) is 0 Å². The Labute approximate surface area is 412 Å². The van der Waals surface area contributed by atoms with Gasteiger partial charge in [-0.1, -0.05) is 264 Å². The maximum Gasteiger partial charge on any atom is 0.472 e. The number of aliphatic hydroxyl groups is 1. The van der Waals surface area contributed by atoms with Gasteiger partial charge >= 0.3 is 7.82 Å². The minimum Gasteiger partial charge on any atom is -0.391 e. The second-order valence-electron chi connectivity index (χ2n) is 21.4. The van der Waals surface area contributed by atoms with Gasteiger partial charge in [0.05, 0.1) is 39.9 Å². The number of hydrogen-bond acceptors (Lipinski definition) is 5. The van der Waals surface area contributed by atoms with Crippen LogP contribution in [0.4, 0.5) is 0 Å². The summed E-state index contributed by atoms with van der Waals surface area (Å²) in [5, 5.41) is 13.9. The summed E-state index contributed by atoms with van der Waals surface area (Å²) in [6.45, 7) is 4.90. The normalized spacial score (nSPS) is 14.0. The summed E-state index contributed by atoms with van der Waals surface area (Å²) < 4.78 is 23.6. The number of amides is 1. The van der Waals surface area contributed by atoms with E-state index in [2.05, 4.69) is 31.3 Å². The van der Waals surface area contributed by atoms with Crippen molar-refractivity contribution in [1.29, 1.82) is 0 Å². The largest absolute Gasteiger partial charge is 0.472 e. The number of allylic oxidation sites excluding steroid dienone is 2. The van der Waals surface area contributed by atoms with E-state index in [-0.39, 0.29) is 19.1 Å². The van der Waals surface area contributed by atoms with Gasteiger partial charge in [-0.05, 0) is 38.5 Å². The molecule has 0 saturated heterocycles. The summed E-state index contributed by atoms with van der Waals surface area (Å²) >= 11 is 0. The van der Waals surface area contributed by atoms with E-state index in [4.69, 9.17) is 9.05 Å². The van der Waals surface area contributed by atoms with Gasteiger partial charge in [0.15, 0.2) is 0 Å². The van der Waals surface area contributed by atoms with Crippen LogP contribution in [0.15, 0.2) is 12.2 Å². The molecule has 1 amide bonds. The topological polar surface area (TPSA) is 105 Å². The molecule has 8 nitrogen and oxygen atoms in total. The minimum absolute atomic E-state index is 0.0772.